The number of halogens is 1. The van der Waals surface area contributed by atoms with E-state index in [1.54, 1.807) is 18.4 Å². The smallest absolute Gasteiger partial charge is 0.0931 e. The summed E-state index contributed by atoms with van der Waals surface area (Å²) < 4.78 is 6.05. The van der Waals surface area contributed by atoms with Gasteiger partial charge in [-0.1, -0.05) is 11.6 Å². The Balaban J connectivity index is 2.15. The lowest BCUT2D eigenvalue weighted by molar-refractivity contribution is 0.106. The minimum absolute atomic E-state index is 0.0946. The van der Waals surface area contributed by atoms with Gasteiger partial charge in [0.1, 0.15) is 0 Å². The van der Waals surface area contributed by atoms with E-state index in [9.17, 15) is 0 Å². The molecule has 0 aliphatic heterocycles. The third-order valence-corrected chi connectivity index (χ3v) is 4.61. The van der Waals surface area contributed by atoms with Gasteiger partial charge in [0.2, 0.25) is 0 Å². The fourth-order valence-electron chi connectivity index (χ4n) is 2.36. The van der Waals surface area contributed by atoms with Gasteiger partial charge in [0.05, 0.1) is 17.0 Å². The van der Waals surface area contributed by atoms with Crippen molar-refractivity contribution in [2.75, 3.05) is 20.3 Å². The van der Waals surface area contributed by atoms with Crippen molar-refractivity contribution in [1.82, 2.24) is 4.90 Å². The van der Waals surface area contributed by atoms with E-state index in [2.05, 4.69) is 17.9 Å². The van der Waals surface area contributed by atoms with Crippen LogP contribution in [0.5, 0.6) is 0 Å². The van der Waals surface area contributed by atoms with Gasteiger partial charge in [0.15, 0.2) is 0 Å². The second-order valence-electron chi connectivity index (χ2n) is 4.91. The lowest BCUT2D eigenvalue weighted by atomic mass is 10.1. The largest absolute Gasteiger partial charge is 0.383 e. The van der Waals surface area contributed by atoms with Crippen LogP contribution in [0.25, 0.3) is 0 Å². The van der Waals surface area contributed by atoms with Crippen molar-refractivity contribution in [1.29, 1.82) is 0 Å². The summed E-state index contributed by atoms with van der Waals surface area (Å²) >= 11 is 7.68. The number of rotatable bonds is 7. The number of nitrogens with two attached hydrogens (primary N) is 1. The SMILES string of the molecule is COCCN(C1CC1)C(c1ccc(Cl)s1)C(C)N. The van der Waals surface area contributed by atoms with Gasteiger partial charge in [-0.25, -0.2) is 0 Å². The van der Waals surface area contributed by atoms with Crippen LogP contribution < -0.4 is 5.73 Å². The quantitative estimate of drug-likeness (QED) is 0.838. The molecular formula is C13H21ClN2OS. The van der Waals surface area contributed by atoms with Crippen molar-refractivity contribution in [3.8, 4) is 0 Å². The van der Waals surface area contributed by atoms with Crippen LogP contribution in [-0.2, 0) is 4.74 Å². The summed E-state index contributed by atoms with van der Waals surface area (Å²) in [7, 11) is 1.74. The zero-order valence-corrected chi connectivity index (χ0v) is 12.5. The maximum absolute atomic E-state index is 6.20. The molecule has 5 heteroatoms. The van der Waals surface area contributed by atoms with E-state index in [-0.39, 0.29) is 12.1 Å². The standard InChI is InChI=1S/C13H21ClN2OS/c1-9(15)13(11-5-6-12(14)18-11)16(7-8-17-2)10-3-4-10/h5-6,9-10,13H,3-4,7-8,15H2,1-2H3. The predicted octanol–water partition coefficient (Wildman–Crippen LogP) is 2.90. The first kappa shape index (κ1) is 14.3. The number of nitrogens with zero attached hydrogens (tertiary/aromatic N) is 1. The first-order valence-electron chi connectivity index (χ1n) is 6.39. The van der Waals surface area contributed by atoms with Gasteiger partial charge in [-0.05, 0) is 31.9 Å². The predicted molar refractivity (Wildman–Crippen MR) is 77.3 cm³/mol. The Hall–Kier alpha value is -0.130. The van der Waals surface area contributed by atoms with Crippen molar-refractivity contribution in [2.45, 2.75) is 37.9 Å². The second kappa shape index (κ2) is 6.35. The van der Waals surface area contributed by atoms with Crippen LogP contribution in [0.2, 0.25) is 4.34 Å². The van der Waals surface area contributed by atoms with Crippen LogP contribution in [0.1, 0.15) is 30.7 Å². The van der Waals surface area contributed by atoms with Crippen molar-refractivity contribution < 1.29 is 4.74 Å². The molecule has 2 atom stereocenters. The summed E-state index contributed by atoms with van der Waals surface area (Å²) in [4.78, 5) is 3.74. The average Bonchev–Trinajstić information content (AvgIpc) is 3.07. The molecular weight excluding hydrogens is 268 g/mol. The van der Waals surface area contributed by atoms with Crippen LogP contribution in [-0.4, -0.2) is 37.2 Å². The zero-order valence-electron chi connectivity index (χ0n) is 10.9. The fourth-order valence-corrected chi connectivity index (χ4v) is 3.66. The van der Waals surface area contributed by atoms with Gasteiger partial charge < -0.3 is 10.5 Å². The molecule has 1 aromatic rings. The monoisotopic (exact) mass is 288 g/mol. The fraction of sp³-hybridized carbons (Fsp3) is 0.692. The highest BCUT2D eigenvalue weighted by Crippen LogP contribution is 2.38. The molecule has 2 rings (SSSR count). The molecule has 1 aliphatic rings. The third kappa shape index (κ3) is 3.45. The number of hydrogen-bond donors (Lipinski definition) is 1. The van der Waals surface area contributed by atoms with E-state index in [0.717, 1.165) is 17.5 Å². The Bertz CT molecular complexity index is 379. The summed E-state index contributed by atoms with van der Waals surface area (Å²) in [6, 6.07) is 5.07. The van der Waals surface area contributed by atoms with Gasteiger partial charge in [-0.15, -0.1) is 11.3 Å². The molecule has 3 nitrogen and oxygen atoms in total. The van der Waals surface area contributed by atoms with E-state index in [1.165, 1.54) is 17.7 Å². The lowest BCUT2D eigenvalue weighted by Crippen LogP contribution is -2.42. The minimum atomic E-state index is 0.0946. The Kier molecular flexibility index (Phi) is 5.04. The van der Waals surface area contributed by atoms with Crippen molar-refractivity contribution in [3.05, 3.63) is 21.3 Å². The molecule has 0 saturated heterocycles. The molecule has 0 radical (unpaired) electrons. The molecule has 1 heterocycles. The number of thiophene rings is 1. The average molecular weight is 289 g/mol. The van der Waals surface area contributed by atoms with E-state index < -0.39 is 0 Å². The highest BCUT2D eigenvalue weighted by molar-refractivity contribution is 7.16. The Morgan fingerprint density at radius 2 is 2.28 bits per heavy atom. The minimum Gasteiger partial charge on any atom is -0.383 e. The Labute approximate surface area is 118 Å². The Morgan fingerprint density at radius 1 is 1.56 bits per heavy atom. The molecule has 0 aromatic carbocycles. The molecule has 2 N–H and O–H groups in total. The van der Waals surface area contributed by atoms with Gasteiger partial charge in [0, 0.05) is 30.6 Å². The Morgan fingerprint density at radius 3 is 2.72 bits per heavy atom. The van der Waals surface area contributed by atoms with Crippen molar-refractivity contribution in [2.24, 2.45) is 5.73 Å². The van der Waals surface area contributed by atoms with Gasteiger partial charge in [0.25, 0.3) is 0 Å². The maximum atomic E-state index is 6.20. The summed E-state index contributed by atoms with van der Waals surface area (Å²) in [6.45, 7) is 3.75. The molecule has 1 aromatic heterocycles. The highest BCUT2D eigenvalue weighted by atomic mass is 35.5. The molecule has 0 bridgehead atoms. The summed E-state index contributed by atoms with van der Waals surface area (Å²) in [6.07, 6.45) is 2.54. The van der Waals surface area contributed by atoms with E-state index in [1.807, 2.05) is 6.07 Å². The van der Waals surface area contributed by atoms with E-state index in [0.29, 0.717) is 6.04 Å². The van der Waals surface area contributed by atoms with E-state index >= 15 is 0 Å². The summed E-state index contributed by atoms with van der Waals surface area (Å²) in [5.74, 6) is 0. The highest BCUT2D eigenvalue weighted by Gasteiger charge is 2.36. The molecule has 18 heavy (non-hydrogen) atoms. The lowest BCUT2D eigenvalue weighted by Gasteiger charge is -2.33. The van der Waals surface area contributed by atoms with Gasteiger partial charge in [-0.2, -0.15) is 0 Å². The molecule has 0 spiro atoms. The van der Waals surface area contributed by atoms with Gasteiger partial charge >= 0.3 is 0 Å². The number of ether oxygens (including phenoxy) is 1. The zero-order chi connectivity index (χ0) is 13.1. The van der Waals surface area contributed by atoms with Crippen LogP contribution in [0.4, 0.5) is 0 Å². The maximum Gasteiger partial charge on any atom is 0.0931 e. The van der Waals surface area contributed by atoms with Crippen LogP contribution >= 0.6 is 22.9 Å². The first-order chi connectivity index (χ1) is 8.63. The summed E-state index contributed by atoms with van der Waals surface area (Å²) in [5.41, 5.74) is 6.20. The van der Waals surface area contributed by atoms with Crippen molar-refractivity contribution >= 4 is 22.9 Å². The molecule has 0 amide bonds. The molecule has 1 aliphatic carbocycles. The third-order valence-electron chi connectivity index (χ3n) is 3.31. The van der Waals surface area contributed by atoms with Crippen LogP contribution in [0.3, 0.4) is 0 Å². The van der Waals surface area contributed by atoms with E-state index in [4.69, 9.17) is 22.1 Å². The molecule has 1 fully saturated rings. The van der Waals surface area contributed by atoms with Crippen LogP contribution in [0, 0.1) is 0 Å². The molecule has 1 saturated carbocycles. The number of hydrogen-bond acceptors (Lipinski definition) is 4. The van der Waals surface area contributed by atoms with Gasteiger partial charge in [-0.3, -0.25) is 4.90 Å². The molecule has 102 valence electrons. The second-order valence-corrected chi connectivity index (χ2v) is 6.65. The van der Waals surface area contributed by atoms with Crippen molar-refractivity contribution in [3.63, 3.8) is 0 Å². The molecule has 2 unspecified atom stereocenters. The number of methoxy groups -OCH3 is 1. The summed E-state index contributed by atoms with van der Waals surface area (Å²) in [5, 5.41) is 0. The normalized spacial score (nSPS) is 19.2. The van der Waals surface area contributed by atoms with Crippen LogP contribution in [0.15, 0.2) is 12.1 Å². The first-order valence-corrected chi connectivity index (χ1v) is 7.58. The topological polar surface area (TPSA) is 38.5 Å².